The quantitative estimate of drug-likeness (QED) is 0.612. The lowest BCUT2D eigenvalue weighted by Crippen LogP contribution is -2.28. The van der Waals surface area contributed by atoms with Gasteiger partial charge in [-0.15, -0.1) is 0 Å². The SMILES string of the molecule is Cn1ccnc1CCC(NN)c1cc(Br)cc(Br)c1. The van der Waals surface area contributed by atoms with E-state index < -0.39 is 0 Å². The summed E-state index contributed by atoms with van der Waals surface area (Å²) in [4.78, 5) is 4.33. The van der Waals surface area contributed by atoms with E-state index in [-0.39, 0.29) is 6.04 Å². The first kappa shape index (κ1) is 14.7. The first-order valence-corrected chi connectivity index (χ1v) is 7.57. The molecule has 6 heteroatoms. The second-order valence-electron chi connectivity index (χ2n) is 4.42. The summed E-state index contributed by atoms with van der Waals surface area (Å²) in [6.07, 6.45) is 5.54. The maximum atomic E-state index is 5.67. The summed E-state index contributed by atoms with van der Waals surface area (Å²) in [5.74, 6) is 6.74. The molecule has 1 atom stereocenters. The van der Waals surface area contributed by atoms with Gasteiger partial charge in [0.1, 0.15) is 5.82 Å². The molecule has 1 heterocycles. The Bertz CT molecular complexity index is 533. The van der Waals surface area contributed by atoms with Crippen molar-refractivity contribution in [2.45, 2.75) is 18.9 Å². The van der Waals surface area contributed by atoms with Crippen molar-refractivity contribution in [3.05, 3.63) is 50.9 Å². The number of aryl methyl sites for hydroxylation is 2. The third-order valence-electron chi connectivity index (χ3n) is 3.07. The summed E-state index contributed by atoms with van der Waals surface area (Å²) in [5.41, 5.74) is 4.03. The van der Waals surface area contributed by atoms with Crippen LogP contribution in [0.3, 0.4) is 0 Å². The Labute approximate surface area is 129 Å². The van der Waals surface area contributed by atoms with Crippen LogP contribution in [0.4, 0.5) is 0 Å². The van der Waals surface area contributed by atoms with Crippen LogP contribution < -0.4 is 11.3 Å². The number of rotatable bonds is 5. The maximum Gasteiger partial charge on any atom is 0.108 e. The minimum atomic E-state index is 0.102. The van der Waals surface area contributed by atoms with Crippen LogP contribution in [-0.4, -0.2) is 9.55 Å². The van der Waals surface area contributed by atoms with Crippen LogP contribution in [0.25, 0.3) is 0 Å². The summed E-state index contributed by atoms with van der Waals surface area (Å²) >= 11 is 6.99. The highest BCUT2D eigenvalue weighted by molar-refractivity contribution is 9.11. The standard InChI is InChI=1S/C13H16Br2N4/c1-19-5-4-17-13(19)3-2-12(18-16)9-6-10(14)8-11(15)7-9/h4-8,12,18H,2-3,16H2,1H3. The van der Waals surface area contributed by atoms with Crippen molar-refractivity contribution in [3.8, 4) is 0 Å². The molecule has 1 aromatic carbocycles. The summed E-state index contributed by atoms with van der Waals surface area (Å²) < 4.78 is 4.10. The molecular weight excluding hydrogens is 372 g/mol. The fourth-order valence-corrected chi connectivity index (χ4v) is 3.36. The van der Waals surface area contributed by atoms with Gasteiger partial charge in [0.2, 0.25) is 0 Å². The molecule has 0 spiro atoms. The molecule has 0 saturated heterocycles. The summed E-state index contributed by atoms with van der Waals surface area (Å²) in [6, 6.07) is 6.27. The van der Waals surface area contributed by atoms with E-state index in [0.717, 1.165) is 33.2 Å². The van der Waals surface area contributed by atoms with E-state index in [2.05, 4.69) is 54.4 Å². The van der Waals surface area contributed by atoms with Crippen LogP contribution in [0.1, 0.15) is 23.9 Å². The van der Waals surface area contributed by atoms with Gasteiger partial charge in [0.25, 0.3) is 0 Å². The number of nitrogens with zero attached hydrogens (tertiary/aromatic N) is 2. The lowest BCUT2D eigenvalue weighted by Gasteiger charge is -2.17. The second-order valence-corrected chi connectivity index (χ2v) is 6.25. The second kappa shape index (κ2) is 6.65. The average molecular weight is 388 g/mol. The van der Waals surface area contributed by atoms with Gasteiger partial charge in [-0.25, -0.2) is 4.98 Å². The third-order valence-corrected chi connectivity index (χ3v) is 3.98. The molecule has 0 aliphatic rings. The van der Waals surface area contributed by atoms with Crippen molar-refractivity contribution >= 4 is 31.9 Å². The van der Waals surface area contributed by atoms with Crippen LogP contribution in [0, 0.1) is 0 Å². The zero-order valence-electron chi connectivity index (χ0n) is 10.6. The van der Waals surface area contributed by atoms with E-state index in [1.165, 1.54) is 0 Å². The summed E-state index contributed by atoms with van der Waals surface area (Å²) in [5, 5.41) is 0. The molecule has 0 amide bonds. The molecule has 4 nitrogen and oxygen atoms in total. The molecular formula is C13H16Br2N4. The largest absolute Gasteiger partial charge is 0.338 e. The van der Waals surface area contributed by atoms with Crippen molar-refractivity contribution < 1.29 is 0 Å². The van der Waals surface area contributed by atoms with Gasteiger partial charge >= 0.3 is 0 Å². The normalized spacial score (nSPS) is 12.6. The molecule has 0 aliphatic carbocycles. The van der Waals surface area contributed by atoms with Gasteiger partial charge < -0.3 is 4.57 Å². The predicted molar refractivity (Wildman–Crippen MR) is 83.4 cm³/mol. The van der Waals surface area contributed by atoms with Crippen molar-refractivity contribution in [3.63, 3.8) is 0 Å². The number of hydrogen-bond donors (Lipinski definition) is 2. The van der Waals surface area contributed by atoms with E-state index in [1.807, 2.05) is 30.1 Å². The van der Waals surface area contributed by atoms with Crippen LogP contribution in [-0.2, 0) is 13.5 Å². The predicted octanol–water partition coefficient (Wildman–Crippen LogP) is 3.08. The van der Waals surface area contributed by atoms with Gasteiger partial charge in [0, 0.05) is 40.8 Å². The fraction of sp³-hybridized carbons (Fsp3) is 0.308. The van der Waals surface area contributed by atoms with Gasteiger partial charge in [0.15, 0.2) is 0 Å². The highest BCUT2D eigenvalue weighted by Crippen LogP contribution is 2.26. The van der Waals surface area contributed by atoms with Gasteiger partial charge in [-0.05, 0) is 30.2 Å². The fourth-order valence-electron chi connectivity index (χ4n) is 2.03. The Morgan fingerprint density at radius 1 is 1.32 bits per heavy atom. The number of imidazole rings is 1. The van der Waals surface area contributed by atoms with Gasteiger partial charge in [-0.3, -0.25) is 11.3 Å². The summed E-state index contributed by atoms with van der Waals surface area (Å²) in [6.45, 7) is 0. The highest BCUT2D eigenvalue weighted by Gasteiger charge is 2.12. The molecule has 3 N–H and O–H groups in total. The zero-order valence-corrected chi connectivity index (χ0v) is 13.8. The lowest BCUT2D eigenvalue weighted by atomic mass is 10.0. The molecule has 0 saturated carbocycles. The third kappa shape index (κ3) is 3.89. The minimum absolute atomic E-state index is 0.102. The van der Waals surface area contributed by atoms with E-state index in [0.29, 0.717) is 0 Å². The Morgan fingerprint density at radius 2 is 2.00 bits per heavy atom. The molecule has 2 rings (SSSR count). The Balaban J connectivity index is 2.09. The Kier molecular flexibility index (Phi) is 5.15. The zero-order chi connectivity index (χ0) is 13.8. The van der Waals surface area contributed by atoms with E-state index >= 15 is 0 Å². The van der Waals surface area contributed by atoms with Crippen molar-refractivity contribution in [2.24, 2.45) is 12.9 Å². The molecule has 0 fully saturated rings. The summed E-state index contributed by atoms with van der Waals surface area (Å²) in [7, 11) is 2.00. The van der Waals surface area contributed by atoms with Crippen LogP contribution in [0.5, 0.6) is 0 Å². The molecule has 0 radical (unpaired) electrons. The van der Waals surface area contributed by atoms with E-state index in [9.17, 15) is 0 Å². The van der Waals surface area contributed by atoms with Crippen LogP contribution in [0.2, 0.25) is 0 Å². The molecule has 0 bridgehead atoms. The van der Waals surface area contributed by atoms with Crippen LogP contribution >= 0.6 is 31.9 Å². The number of nitrogens with two attached hydrogens (primary N) is 1. The molecule has 2 aromatic rings. The number of aromatic nitrogens is 2. The van der Waals surface area contributed by atoms with E-state index in [4.69, 9.17) is 5.84 Å². The Hall–Kier alpha value is -0.690. The smallest absolute Gasteiger partial charge is 0.108 e. The molecule has 0 aliphatic heterocycles. The molecule has 1 aromatic heterocycles. The number of hydrogen-bond acceptors (Lipinski definition) is 3. The molecule has 1 unspecified atom stereocenters. The van der Waals surface area contributed by atoms with Crippen molar-refractivity contribution in [1.29, 1.82) is 0 Å². The topological polar surface area (TPSA) is 55.9 Å². The molecule has 102 valence electrons. The number of halogens is 2. The number of nitrogens with one attached hydrogen (secondary N) is 1. The minimum Gasteiger partial charge on any atom is -0.338 e. The van der Waals surface area contributed by atoms with E-state index in [1.54, 1.807) is 0 Å². The highest BCUT2D eigenvalue weighted by atomic mass is 79.9. The lowest BCUT2D eigenvalue weighted by molar-refractivity contribution is 0.506. The maximum absolute atomic E-state index is 5.67. The van der Waals surface area contributed by atoms with Crippen molar-refractivity contribution in [1.82, 2.24) is 15.0 Å². The van der Waals surface area contributed by atoms with Gasteiger partial charge in [-0.1, -0.05) is 31.9 Å². The average Bonchev–Trinajstić information content (AvgIpc) is 2.75. The number of benzene rings is 1. The number of hydrazine groups is 1. The van der Waals surface area contributed by atoms with Gasteiger partial charge in [-0.2, -0.15) is 0 Å². The first-order chi connectivity index (χ1) is 9.10. The Morgan fingerprint density at radius 3 is 2.53 bits per heavy atom. The monoisotopic (exact) mass is 386 g/mol. The first-order valence-electron chi connectivity index (χ1n) is 5.98. The molecule has 19 heavy (non-hydrogen) atoms. The van der Waals surface area contributed by atoms with Crippen LogP contribution in [0.15, 0.2) is 39.5 Å². The van der Waals surface area contributed by atoms with Crippen molar-refractivity contribution in [2.75, 3.05) is 0 Å². The van der Waals surface area contributed by atoms with Gasteiger partial charge in [0.05, 0.1) is 0 Å².